The zero-order chi connectivity index (χ0) is 17.4. The number of rotatable bonds is 2. The van der Waals surface area contributed by atoms with Crippen molar-refractivity contribution in [3.05, 3.63) is 70.9 Å². The number of aromatic nitrogens is 1. The Bertz CT molecular complexity index is 1100. The summed E-state index contributed by atoms with van der Waals surface area (Å²) >= 11 is 0. The van der Waals surface area contributed by atoms with Crippen molar-refractivity contribution in [3.8, 4) is 11.8 Å². The van der Waals surface area contributed by atoms with E-state index in [0.717, 1.165) is 22.2 Å². The van der Waals surface area contributed by atoms with Crippen molar-refractivity contribution in [1.82, 2.24) is 4.98 Å². The lowest BCUT2D eigenvalue weighted by molar-refractivity contribution is 0.265. The number of phenols is 1. The Balaban J connectivity index is 0.00000196. The van der Waals surface area contributed by atoms with Gasteiger partial charge in [0.1, 0.15) is 11.8 Å². The van der Waals surface area contributed by atoms with Crippen LogP contribution in [0.5, 0.6) is 5.75 Å². The summed E-state index contributed by atoms with van der Waals surface area (Å²) in [4.78, 5) is 8.16. The maximum absolute atomic E-state index is 14.2. The van der Waals surface area contributed by atoms with E-state index in [4.69, 9.17) is 5.26 Å². The molecule has 128 valence electrons. The van der Waals surface area contributed by atoms with Gasteiger partial charge in [0.15, 0.2) is 0 Å². The average molecular weight is 349 g/mol. The van der Waals surface area contributed by atoms with Crippen molar-refractivity contribution in [3.63, 3.8) is 0 Å². The van der Waals surface area contributed by atoms with Crippen molar-refractivity contribution in [2.24, 2.45) is 4.99 Å². The van der Waals surface area contributed by atoms with Crippen LogP contribution in [0.25, 0.3) is 23.1 Å². The quantitative estimate of drug-likeness (QED) is 0.700. The lowest BCUT2D eigenvalue weighted by Crippen LogP contribution is -2.10. The molecule has 3 aromatic rings. The second-order valence-corrected chi connectivity index (χ2v) is 5.79. The Labute approximate surface area is 147 Å². The van der Waals surface area contributed by atoms with Gasteiger partial charge in [-0.2, -0.15) is 9.65 Å². The number of hydrogen-bond acceptors (Lipinski definition) is 4. The van der Waals surface area contributed by atoms with Crippen molar-refractivity contribution in [2.75, 3.05) is 0 Å². The van der Waals surface area contributed by atoms with Gasteiger partial charge < -0.3 is 5.11 Å². The first-order valence-corrected chi connectivity index (χ1v) is 7.65. The van der Waals surface area contributed by atoms with E-state index in [1.165, 1.54) is 6.21 Å². The molecule has 0 aliphatic carbocycles. The van der Waals surface area contributed by atoms with E-state index < -0.39 is 5.79 Å². The summed E-state index contributed by atoms with van der Waals surface area (Å²) in [6.45, 7) is 0. The van der Waals surface area contributed by atoms with E-state index in [-0.39, 0.29) is 16.0 Å². The fraction of sp³-hybridized carbons (Fsp3) is 0.0500. The third-order valence-corrected chi connectivity index (χ3v) is 4.10. The van der Waals surface area contributed by atoms with Gasteiger partial charge in [-0.25, -0.2) is 9.98 Å². The summed E-state index contributed by atoms with van der Waals surface area (Å²) in [5.41, 5.74) is 3.30. The minimum atomic E-state index is -2.27. The highest BCUT2D eigenvalue weighted by Gasteiger charge is 2.36. The highest BCUT2D eigenvalue weighted by molar-refractivity contribution is 5.88. The number of alkyl halides is 1. The molecule has 0 saturated heterocycles. The molecular formula is C20H13F2N3O. The number of phenolic OH excluding ortho intramolecular Hbond substituents is 1. The summed E-state index contributed by atoms with van der Waals surface area (Å²) in [6.07, 6.45) is 5.11. The molecule has 4 rings (SSSR count). The number of fused-ring (bicyclic) bond motifs is 2. The van der Waals surface area contributed by atoms with Crippen LogP contribution < -0.4 is 0 Å². The van der Waals surface area contributed by atoms with Gasteiger partial charge in [-0.05, 0) is 42.0 Å². The zero-order valence-electron chi connectivity index (χ0n) is 13.4. The van der Waals surface area contributed by atoms with Gasteiger partial charge in [-0.15, -0.1) is 0 Å². The summed E-state index contributed by atoms with van der Waals surface area (Å²) in [6, 6.07) is 15.5. The molecule has 0 saturated carbocycles. The first-order chi connectivity index (χ1) is 12.1. The molecule has 2 aromatic carbocycles. The zero-order valence-corrected chi connectivity index (χ0v) is 13.4. The molecule has 2 heterocycles. The van der Waals surface area contributed by atoms with Crippen molar-refractivity contribution in [2.45, 2.75) is 5.79 Å². The molecule has 26 heavy (non-hydrogen) atoms. The number of aromatic hydroxyl groups is 1. The van der Waals surface area contributed by atoms with Crippen LogP contribution >= 0.6 is 0 Å². The number of benzene rings is 2. The molecule has 4 nitrogen and oxygen atoms in total. The first-order valence-electron chi connectivity index (χ1n) is 7.65. The van der Waals surface area contributed by atoms with Gasteiger partial charge in [0.05, 0.1) is 11.2 Å². The number of nitriles is 1. The molecule has 1 atom stereocenters. The summed E-state index contributed by atoms with van der Waals surface area (Å²) in [5, 5.41) is 19.3. The minimum absolute atomic E-state index is 0. The molecular weight excluding hydrogens is 336 g/mol. The molecule has 0 fully saturated rings. The Morgan fingerprint density at radius 2 is 1.92 bits per heavy atom. The molecule has 0 amide bonds. The number of pyridine rings is 1. The second kappa shape index (κ2) is 6.37. The van der Waals surface area contributed by atoms with Crippen LogP contribution in [0.4, 0.5) is 9.09 Å². The van der Waals surface area contributed by atoms with Crippen LogP contribution in [-0.4, -0.2) is 16.3 Å². The SMILES string of the molecule is F.N#CC1(F)N=Cc2cc(/C=C/c3ccc4cc(O)ccc4n3)ccc21. The van der Waals surface area contributed by atoms with Gasteiger partial charge in [-0.1, -0.05) is 24.3 Å². The average Bonchev–Trinajstić information content (AvgIpc) is 2.97. The fourth-order valence-corrected chi connectivity index (χ4v) is 2.81. The fourth-order valence-electron chi connectivity index (χ4n) is 2.81. The van der Waals surface area contributed by atoms with E-state index in [9.17, 15) is 9.50 Å². The Kier molecular flexibility index (Phi) is 4.23. The number of halogens is 2. The van der Waals surface area contributed by atoms with Gasteiger partial charge >= 0.3 is 5.79 Å². The number of aliphatic imine (C=N–C) groups is 1. The van der Waals surface area contributed by atoms with Crippen LogP contribution in [0, 0.1) is 11.3 Å². The van der Waals surface area contributed by atoms with E-state index >= 15 is 0 Å². The molecule has 0 radical (unpaired) electrons. The summed E-state index contributed by atoms with van der Waals surface area (Å²) in [5.74, 6) is -2.07. The van der Waals surface area contributed by atoms with Crippen LogP contribution in [0.1, 0.15) is 22.4 Å². The Morgan fingerprint density at radius 3 is 2.73 bits per heavy atom. The van der Waals surface area contributed by atoms with Crippen LogP contribution in [-0.2, 0) is 5.79 Å². The number of nitrogens with zero attached hydrogens (tertiary/aromatic N) is 3. The summed E-state index contributed by atoms with van der Waals surface area (Å²) in [7, 11) is 0. The highest BCUT2D eigenvalue weighted by Crippen LogP contribution is 2.34. The largest absolute Gasteiger partial charge is 0.508 e. The first kappa shape index (κ1) is 17.2. The van der Waals surface area contributed by atoms with Gasteiger partial charge in [0.25, 0.3) is 0 Å². The third kappa shape index (κ3) is 2.91. The van der Waals surface area contributed by atoms with Crippen LogP contribution in [0.15, 0.2) is 53.5 Å². The standard InChI is InChI=1S/C20H12FN3O.FH/c21-20(12-22)18-7-2-13(9-15(18)11-23-20)1-4-16-5-3-14-10-17(25)6-8-19(14)24-16;/h1-11,25H;1H/b4-1+;. The molecule has 1 aliphatic rings. The predicted molar refractivity (Wildman–Crippen MR) is 97.3 cm³/mol. The van der Waals surface area contributed by atoms with Gasteiger partial charge in [0, 0.05) is 22.7 Å². The smallest absolute Gasteiger partial charge is 0.312 e. The topological polar surface area (TPSA) is 69.3 Å². The van der Waals surface area contributed by atoms with E-state index in [2.05, 4.69) is 9.98 Å². The third-order valence-electron chi connectivity index (χ3n) is 4.10. The maximum atomic E-state index is 14.2. The lowest BCUT2D eigenvalue weighted by Gasteiger charge is -2.08. The van der Waals surface area contributed by atoms with Crippen molar-refractivity contribution in [1.29, 1.82) is 5.26 Å². The Morgan fingerprint density at radius 1 is 1.08 bits per heavy atom. The second-order valence-electron chi connectivity index (χ2n) is 5.79. The number of hydrogen-bond donors (Lipinski definition) is 1. The van der Waals surface area contributed by atoms with Gasteiger partial charge in [-0.3, -0.25) is 4.70 Å². The van der Waals surface area contributed by atoms with E-state index in [1.54, 1.807) is 42.5 Å². The van der Waals surface area contributed by atoms with Crippen LogP contribution in [0.2, 0.25) is 0 Å². The van der Waals surface area contributed by atoms with Crippen LogP contribution in [0.3, 0.4) is 0 Å². The molecule has 1 unspecified atom stereocenters. The molecule has 1 N–H and O–H groups in total. The normalized spacial score (nSPS) is 17.8. The Hall–Kier alpha value is -3.59. The van der Waals surface area contributed by atoms with E-state index in [1.807, 2.05) is 24.3 Å². The van der Waals surface area contributed by atoms with Gasteiger partial charge in [0.2, 0.25) is 0 Å². The minimum Gasteiger partial charge on any atom is -0.508 e. The monoisotopic (exact) mass is 349 g/mol. The maximum Gasteiger partial charge on any atom is 0.312 e. The molecule has 0 bridgehead atoms. The summed E-state index contributed by atoms with van der Waals surface area (Å²) < 4.78 is 14.2. The van der Waals surface area contributed by atoms with Crippen molar-refractivity contribution < 1.29 is 14.2 Å². The molecule has 1 aliphatic heterocycles. The molecule has 0 spiro atoms. The molecule has 1 aromatic heterocycles. The lowest BCUT2D eigenvalue weighted by atomic mass is 10.0. The predicted octanol–water partition coefficient (Wildman–Crippen LogP) is 4.34. The highest BCUT2D eigenvalue weighted by atomic mass is 19.1. The van der Waals surface area contributed by atoms with E-state index in [0.29, 0.717) is 5.56 Å². The van der Waals surface area contributed by atoms with Crippen molar-refractivity contribution >= 4 is 29.3 Å². The molecule has 6 heteroatoms.